The highest BCUT2D eigenvalue weighted by Gasteiger charge is 2.44. The van der Waals surface area contributed by atoms with E-state index < -0.39 is 5.60 Å². The van der Waals surface area contributed by atoms with Crippen molar-refractivity contribution in [3.8, 4) is 0 Å². The lowest BCUT2D eigenvalue weighted by Crippen LogP contribution is -2.47. The molecule has 0 N–H and O–H groups in total. The van der Waals surface area contributed by atoms with Crippen LogP contribution in [0.1, 0.15) is 28.3 Å². The Labute approximate surface area is 160 Å². The third-order valence-corrected chi connectivity index (χ3v) is 5.75. The van der Waals surface area contributed by atoms with Crippen LogP contribution in [0, 0.1) is 6.92 Å². The van der Waals surface area contributed by atoms with E-state index in [0.717, 1.165) is 17.8 Å². The van der Waals surface area contributed by atoms with Gasteiger partial charge in [0.2, 0.25) is 0 Å². The normalized spacial score (nSPS) is 25.7. The van der Waals surface area contributed by atoms with Crippen LogP contribution in [-0.2, 0) is 16.0 Å². The maximum Gasteiger partial charge on any atom is 0.273 e. The van der Waals surface area contributed by atoms with Gasteiger partial charge in [0, 0.05) is 24.2 Å². The average molecular weight is 390 g/mol. The van der Waals surface area contributed by atoms with Crippen LogP contribution >= 0.6 is 11.3 Å². The van der Waals surface area contributed by atoms with Gasteiger partial charge in [-0.05, 0) is 25.8 Å². The van der Waals surface area contributed by atoms with Crippen molar-refractivity contribution in [1.82, 2.24) is 19.7 Å². The van der Waals surface area contributed by atoms with Gasteiger partial charge in [0.15, 0.2) is 0 Å². The van der Waals surface area contributed by atoms with E-state index in [4.69, 9.17) is 9.47 Å². The molecule has 0 bridgehead atoms. The van der Waals surface area contributed by atoms with Crippen molar-refractivity contribution in [2.75, 3.05) is 26.3 Å². The first kappa shape index (κ1) is 18.3. The highest BCUT2D eigenvalue weighted by molar-refractivity contribution is 7.09. The number of nitrogens with zero attached hydrogens (tertiary/aromatic N) is 4. The minimum Gasteiger partial charge on any atom is -0.377 e. The zero-order chi connectivity index (χ0) is 18.9. The summed E-state index contributed by atoms with van der Waals surface area (Å²) in [7, 11) is 0. The van der Waals surface area contributed by atoms with Crippen LogP contribution in [-0.4, -0.2) is 63.6 Å². The Morgan fingerprint density at radius 3 is 3.15 bits per heavy atom. The van der Waals surface area contributed by atoms with Crippen LogP contribution in [0.5, 0.6) is 0 Å². The zero-order valence-electron chi connectivity index (χ0n) is 15.2. The molecule has 2 aromatic heterocycles. The average Bonchev–Trinajstić information content (AvgIpc) is 3.19. The van der Waals surface area contributed by atoms with E-state index in [1.807, 2.05) is 6.92 Å². The lowest BCUT2D eigenvalue weighted by atomic mass is 10.00. The number of hydrogen-bond donors (Lipinski definition) is 0. The van der Waals surface area contributed by atoms with Crippen LogP contribution in [0.3, 0.4) is 0 Å². The summed E-state index contributed by atoms with van der Waals surface area (Å²) in [5.41, 5.74) is -0.209. The topological polar surface area (TPSA) is 86.6 Å². The second-order valence-electron chi connectivity index (χ2n) is 7.04. The number of carbonyl (C=O) groups is 1. The molecule has 4 heterocycles. The fourth-order valence-electron chi connectivity index (χ4n) is 3.67. The van der Waals surface area contributed by atoms with Crippen molar-refractivity contribution in [1.29, 1.82) is 0 Å². The van der Waals surface area contributed by atoms with E-state index in [9.17, 15) is 9.59 Å². The number of ether oxygens (including phenoxy) is 2. The van der Waals surface area contributed by atoms with Gasteiger partial charge in [-0.3, -0.25) is 9.59 Å². The van der Waals surface area contributed by atoms with Crippen LogP contribution < -0.4 is 5.56 Å². The molecule has 2 unspecified atom stereocenters. The standard InChI is InChI=1S/C18H22N4O4S/c1-13-20-15(10-27-13)17(24)21-7-8-25-12-18(11-21)5-4-14(26-18)9-22-16(23)3-2-6-19-22/h2-3,6,10,14H,4-5,7-9,11-12H2,1H3. The SMILES string of the molecule is Cc1nc(C(=O)N2CCOCC3(CCC(Cn4ncccc4=O)O3)C2)cs1. The Bertz CT molecular complexity index is 882. The molecule has 0 aliphatic carbocycles. The number of carbonyl (C=O) groups excluding carboxylic acids is 1. The molecule has 2 saturated heterocycles. The second-order valence-corrected chi connectivity index (χ2v) is 8.10. The molecule has 1 amide bonds. The Morgan fingerprint density at radius 2 is 2.37 bits per heavy atom. The number of rotatable bonds is 3. The molecule has 2 aliphatic rings. The summed E-state index contributed by atoms with van der Waals surface area (Å²) in [5.74, 6) is -0.0859. The highest BCUT2D eigenvalue weighted by atomic mass is 32.1. The van der Waals surface area contributed by atoms with Gasteiger partial charge in [-0.2, -0.15) is 5.10 Å². The summed E-state index contributed by atoms with van der Waals surface area (Å²) in [6.45, 7) is 4.20. The first-order chi connectivity index (χ1) is 13.0. The summed E-state index contributed by atoms with van der Waals surface area (Å²) < 4.78 is 13.5. The van der Waals surface area contributed by atoms with Crippen LogP contribution in [0.15, 0.2) is 28.5 Å². The van der Waals surface area contributed by atoms with Gasteiger partial charge in [-0.1, -0.05) is 0 Å². The van der Waals surface area contributed by atoms with Gasteiger partial charge >= 0.3 is 0 Å². The highest BCUT2D eigenvalue weighted by Crippen LogP contribution is 2.34. The van der Waals surface area contributed by atoms with Crippen LogP contribution in [0.4, 0.5) is 0 Å². The maximum atomic E-state index is 12.8. The summed E-state index contributed by atoms with van der Waals surface area (Å²) in [4.78, 5) is 30.8. The van der Waals surface area contributed by atoms with Gasteiger partial charge < -0.3 is 14.4 Å². The van der Waals surface area contributed by atoms with Crippen molar-refractivity contribution in [2.45, 2.75) is 38.0 Å². The van der Waals surface area contributed by atoms with E-state index in [0.29, 0.717) is 38.5 Å². The van der Waals surface area contributed by atoms with Gasteiger partial charge in [-0.25, -0.2) is 9.67 Å². The molecule has 0 aromatic carbocycles. The number of aromatic nitrogens is 3. The van der Waals surface area contributed by atoms with Crippen molar-refractivity contribution in [2.24, 2.45) is 0 Å². The van der Waals surface area contributed by atoms with Crippen molar-refractivity contribution in [3.05, 3.63) is 44.8 Å². The Kier molecular flexibility index (Phi) is 5.07. The van der Waals surface area contributed by atoms with E-state index >= 15 is 0 Å². The van der Waals surface area contributed by atoms with Gasteiger partial charge in [0.25, 0.3) is 11.5 Å². The van der Waals surface area contributed by atoms with Gasteiger partial charge in [-0.15, -0.1) is 11.3 Å². The molecule has 1 spiro atoms. The summed E-state index contributed by atoms with van der Waals surface area (Å²) in [6.07, 6.45) is 3.04. The second kappa shape index (κ2) is 7.49. The molecule has 0 saturated carbocycles. The monoisotopic (exact) mass is 390 g/mol. The minimum atomic E-state index is -0.541. The molecule has 2 aliphatic heterocycles. The van der Waals surface area contributed by atoms with Gasteiger partial charge in [0.05, 0.1) is 37.4 Å². The van der Waals surface area contributed by atoms with Crippen molar-refractivity contribution in [3.63, 3.8) is 0 Å². The summed E-state index contributed by atoms with van der Waals surface area (Å²) in [5, 5.41) is 6.77. The molecule has 8 nitrogen and oxygen atoms in total. The Balaban J connectivity index is 1.46. The van der Waals surface area contributed by atoms with Crippen molar-refractivity contribution >= 4 is 17.2 Å². The molecule has 9 heteroatoms. The fraction of sp³-hybridized carbons (Fsp3) is 0.556. The number of thiazole rings is 1. The summed E-state index contributed by atoms with van der Waals surface area (Å²) >= 11 is 1.47. The van der Waals surface area contributed by atoms with E-state index in [-0.39, 0.29) is 17.6 Å². The van der Waals surface area contributed by atoms with Crippen LogP contribution in [0.2, 0.25) is 0 Å². The molecular weight excluding hydrogens is 368 g/mol. The number of amides is 1. The molecular formula is C18H22N4O4S. The molecule has 144 valence electrons. The van der Waals surface area contributed by atoms with Gasteiger partial charge in [0.1, 0.15) is 11.3 Å². The fourth-order valence-corrected chi connectivity index (χ4v) is 4.25. The Morgan fingerprint density at radius 1 is 1.48 bits per heavy atom. The third kappa shape index (κ3) is 3.95. The number of hydrogen-bond acceptors (Lipinski definition) is 7. The van der Waals surface area contributed by atoms with Crippen LogP contribution in [0.25, 0.3) is 0 Å². The third-order valence-electron chi connectivity index (χ3n) is 4.98. The van der Waals surface area contributed by atoms with E-state index in [1.165, 1.54) is 22.1 Å². The minimum absolute atomic E-state index is 0.0859. The number of aryl methyl sites for hydroxylation is 1. The molecule has 27 heavy (non-hydrogen) atoms. The molecule has 2 fully saturated rings. The molecule has 4 rings (SSSR count). The molecule has 2 aromatic rings. The van der Waals surface area contributed by atoms with E-state index in [2.05, 4.69) is 10.1 Å². The maximum absolute atomic E-state index is 12.8. The zero-order valence-corrected chi connectivity index (χ0v) is 16.0. The lowest BCUT2D eigenvalue weighted by molar-refractivity contribution is -0.0883. The smallest absolute Gasteiger partial charge is 0.273 e. The predicted molar refractivity (Wildman–Crippen MR) is 98.9 cm³/mol. The summed E-state index contributed by atoms with van der Waals surface area (Å²) in [6, 6.07) is 3.11. The van der Waals surface area contributed by atoms with E-state index in [1.54, 1.807) is 22.5 Å². The first-order valence-corrected chi connectivity index (χ1v) is 9.92. The van der Waals surface area contributed by atoms with Crippen molar-refractivity contribution < 1.29 is 14.3 Å². The largest absolute Gasteiger partial charge is 0.377 e. The molecule has 2 atom stereocenters. The molecule has 0 radical (unpaired) electrons. The quantitative estimate of drug-likeness (QED) is 0.780. The predicted octanol–water partition coefficient (Wildman–Crippen LogP) is 1.10. The lowest BCUT2D eigenvalue weighted by Gasteiger charge is -2.31. The Hall–Kier alpha value is -2.10. The first-order valence-electron chi connectivity index (χ1n) is 9.04.